The van der Waals surface area contributed by atoms with Crippen molar-refractivity contribution in [2.45, 2.75) is 57.3 Å². The van der Waals surface area contributed by atoms with E-state index in [9.17, 15) is 20.0 Å². The van der Waals surface area contributed by atoms with Crippen molar-refractivity contribution in [2.75, 3.05) is 62.7 Å². The normalized spacial score (nSPS) is 22.9. The number of fused-ring (bicyclic) bond motifs is 2. The van der Waals surface area contributed by atoms with Gasteiger partial charge >= 0.3 is 18.0 Å². The minimum atomic E-state index is -1.000. The number of anilines is 2. The highest BCUT2D eigenvalue weighted by atomic mass is 16.5. The Bertz CT molecular complexity index is 1700. The molecule has 3 aromatic rings. The molecule has 7 rings (SSSR count). The van der Waals surface area contributed by atoms with Gasteiger partial charge < -0.3 is 34.3 Å². The van der Waals surface area contributed by atoms with Crippen molar-refractivity contribution >= 4 is 34.3 Å². The SMILES string of the molecule is Cc1cccc2cccc(N3CCc4c(nc(OC[C@@H]5CCCN5C)nc4N4CCN(C(=O)N5C[C@@H]5C(=O)O)[C@@H](CC#N)C4)C3)c12. The van der Waals surface area contributed by atoms with E-state index < -0.39 is 12.0 Å². The van der Waals surface area contributed by atoms with Crippen LogP contribution in [0, 0.1) is 18.3 Å². The molecule has 4 aliphatic rings. The van der Waals surface area contributed by atoms with Crippen LogP contribution in [0.15, 0.2) is 36.4 Å². The molecule has 0 unspecified atom stereocenters. The highest BCUT2D eigenvalue weighted by molar-refractivity contribution is 5.97. The Hall–Kier alpha value is -4.63. The second-order valence-electron chi connectivity index (χ2n) is 12.9. The molecule has 2 aromatic carbocycles. The number of amides is 2. The highest BCUT2D eigenvalue weighted by Crippen LogP contribution is 2.36. The van der Waals surface area contributed by atoms with Gasteiger partial charge in [-0.25, -0.2) is 9.59 Å². The summed E-state index contributed by atoms with van der Waals surface area (Å²) in [6, 6.07) is 14.3. The number of nitriles is 1. The van der Waals surface area contributed by atoms with E-state index >= 15 is 0 Å². The van der Waals surface area contributed by atoms with Crippen LogP contribution in [-0.2, 0) is 17.8 Å². The number of carbonyl (C=O) groups is 2. The van der Waals surface area contributed by atoms with Crippen LogP contribution < -0.4 is 14.5 Å². The molecular formula is C34H40N8O4. The van der Waals surface area contributed by atoms with Crippen molar-refractivity contribution in [3.63, 3.8) is 0 Å². The Balaban J connectivity index is 1.19. The smallest absolute Gasteiger partial charge is 0.328 e. The van der Waals surface area contributed by atoms with Gasteiger partial charge in [0.15, 0.2) is 0 Å². The maximum atomic E-state index is 13.2. The van der Waals surface area contributed by atoms with E-state index in [2.05, 4.69) is 71.1 Å². The average molecular weight is 625 g/mol. The molecule has 240 valence electrons. The number of likely N-dealkylation sites (N-methyl/N-ethyl adjacent to an activating group) is 1. The first-order chi connectivity index (χ1) is 22.3. The van der Waals surface area contributed by atoms with Crippen molar-refractivity contribution in [1.29, 1.82) is 5.26 Å². The summed E-state index contributed by atoms with van der Waals surface area (Å²) in [5, 5.41) is 21.5. The number of likely N-dealkylation sites (tertiary alicyclic amines) is 1. The lowest BCUT2D eigenvalue weighted by atomic mass is 9.99. The van der Waals surface area contributed by atoms with Gasteiger partial charge in [-0.05, 0) is 56.8 Å². The van der Waals surface area contributed by atoms with Crippen molar-refractivity contribution in [3.8, 4) is 12.1 Å². The van der Waals surface area contributed by atoms with Crippen molar-refractivity contribution in [3.05, 3.63) is 53.2 Å². The first-order valence-electron chi connectivity index (χ1n) is 16.2. The Morgan fingerprint density at radius 2 is 1.85 bits per heavy atom. The minimum absolute atomic E-state index is 0.146. The number of carboxylic acids is 1. The monoisotopic (exact) mass is 624 g/mol. The van der Waals surface area contributed by atoms with E-state index in [4.69, 9.17) is 14.7 Å². The molecule has 2 amide bonds. The molecule has 0 saturated carbocycles. The average Bonchev–Trinajstić information content (AvgIpc) is 3.77. The molecule has 3 fully saturated rings. The summed E-state index contributed by atoms with van der Waals surface area (Å²) in [6.07, 6.45) is 3.11. The van der Waals surface area contributed by atoms with Crippen LogP contribution in [0.25, 0.3) is 10.8 Å². The predicted molar refractivity (Wildman–Crippen MR) is 173 cm³/mol. The fraction of sp³-hybridized carbons (Fsp3) is 0.500. The molecule has 12 nitrogen and oxygen atoms in total. The van der Waals surface area contributed by atoms with Crippen LogP contribution in [0.2, 0.25) is 0 Å². The van der Waals surface area contributed by atoms with Gasteiger partial charge in [0.25, 0.3) is 0 Å². The predicted octanol–water partition coefficient (Wildman–Crippen LogP) is 3.27. The first kappa shape index (κ1) is 30.0. The highest BCUT2D eigenvalue weighted by Gasteiger charge is 2.48. The van der Waals surface area contributed by atoms with Crippen LogP contribution in [-0.4, -0.2) is 113 Å². The third-order valence-electron chi connectivity index (χ3n) is 10.0. The molecule has 4 aliphatic heterocycles. The van der Waals surface area contributed by atoms with Crippen molar-refractivity contribution < 1.29 is 19.4 Å². The third kappa shape index (κ3) is 5.64. The van der Waals surface area contributed by atoms with Gasteiger partial charge in [-0.2, -0.15) is 15.2 Å². The van der Waals surface area contributed by atoms with E-state index in [1.807, 2.05) is 0 Å². The number of aromatic nitrogens is 2. The molecule has 0 radical (unpaired) electrons. The molecule has 12 heteroatoms. The summed E-state index contributed by atoms with van der Waals surface area (Å²) >= 11 is 0. The number of hydrogen-bond donors (Lipinski definition) is 1. The van der Waals surface area contributed by atoms with E-state index in [0.29, 0.717) is 44.8 Å². The maximum absolute atomic E-state index is 13.2. The summed E-state index contributed by atoms with van der Waals surface area (Å²) < 4.78 is 6.31. The number of urea groups is 1. The number of piperazine rings is 1. The van der Waals surface area contributed by atoms with Gasteiger partial charge in [-0.15, -0.1) is 0 Å². The van der Waals surface area contributed by atoms with Crippen LogP contribution in [0.1, 0.15) is 36.1 Å². The standard InChI is InChI=1S/C34H40N8O4/c1-22-6-3-7-23-8-4-10-28(30(22)23)39-15-12-26-27(19-39)36-33(46-21-25-9-5-14-38(25)2)37-31(26)40-16-17-41(24(18-40)11-13-35)34(45)42-20-29(42)32(43)44/h3-4,6-8,10,24-25,29H,5,9,11-12,14-21H2,1-2H3,(H,43,44)/t24-,25-,29+,42?/m0/s1. The second kappa shape index (κ2) is 12.3. The number of benzene rings is 2. The number of ether oxygens (including phenoxy) is 1. The molecule has 1 aromatic heterocycles. The number of aryl methyl sites for hydroxylation is 1. The Morgan fingerprint density at radius 3 is 2.59 bits per heavy atom. The first-order valence-corrected chi connectivity index (χ1v) is 16.2. The van der Waals surface area contributed by atoms with Crippen LogP contribution >= 0.6 is 0 Å². The van der Waals surface area contributed by atoms with Gasteiger partial charge in [-0.3, -0.25) is 0 Å². The summed E-state index contributed by atoms with van der Waals surface area (Å²) in [6.45, 7) is 6.65. The van der Waals surface area contributed by atoms with E-state index in [1.54, 1.807) is 4.90 Å². The molecule has 46 heavy (non-hydrogen) atoms. The fourth-order valence-corrected chi connectivity index (χ4v) is 7.36. The van der Waals surface area contributed by atoms with Gasteiger partial charge in [0.2, 0.25) is 0 Å². The van der Waals surface area contributed by atoms with Crippen LogP contribution in [0.4, 0.5) is 16.3 Å². The summed E-state index contributed by atoms with van der Waals surface area (Å²) in [5.74, 6) is -0.195. The van der Waals surface area contributed by atoms with Crippen LogP contribution in [0.3, 0.4) is 0 Å². The second-order valence-corrected chi connectivity index (χ2v) is 12.9. The number of carboxylic acid groups (broad SMARTS) is 1. The zero-order valence-electron chi connectivity index (χ0n) is 26.4. The molecule has 3 atom stereocenters. The molecule has 0 spiro atoms. The third-order valence-corrected chi connectivity index (χ3v) is 10.0. The summed E-state index contributed by atoms with van der Waals surface area (Å²) in [5.41, 5.74) is 4.43. The lowest BCUT2D eigenvalue weighted by Crippen LogP contribution is -2.57. The molecule has 1 N–H and O–H groups in total. The lowest BCUT2D eigenvalue weighted by molar-refractivity contribution is -0.137. The number of carbonyl (C=O) groups excluding carboxylic acids is 1. The molecule has 0 aliphatic carbocycles. The van der Waals surface area contributed by atoms with Gasteiger partial charge in [-0.1, -0.05) is 30.3 Å². The largest absolute Gasteiger partial charge is 0.480 e. The number of hydrogen-bond acceptors (Lipinski definition) is 9. The number of rotatable bonds is 7. The number of nitrogens with zero attached hydrogens (tertiary/aromatic N) is 8. The van der Waals surface area contributed by atoms with E-state index in [0.717, 1.165) is 49.4 Å². The molecule has 3 saturated heterocycles. The quantitative estimate of drug-likeness (QED) is 0.391. The van der Waals surface area contributed by atoms with Crippen molar-refractivity contribution in [1.82, 2.24) is 24.7 Å². The Morgan fingerprint density at radius 1 is 1.02 bits per heavy atom. The maximum Gasteiger partial charge on any atom is 0.328 e. The Kier molecular flexibility index (Phi) is 8.02. The van der Waals surface area contributed by atoms with Crippen molar-refractivity contribution in [2.24, 2.45) is 0 Å². The van der Waals surface area contributed by atoms with E-state index in [-0.39, 0.29) is 25.0 Å². The topological polar surface area (TPSA) is 129 Å². The molecule has 5 heterocycles. The van der Waals surface area contributed by atoms with Gasteiger partial charge in [0.05, 0.1) is 37.3 Å². The Labute approximate surface area is 268 Å². The fourth-order valence-electron chi connectivity index (χ4n) is 7.36. The molecular weight excluding hydrogens is 584 g/mol. The zero-order valence-corrected chi connectivity index (χ0v) is 26.4. The lowest BCUT2D eigenvalue weighted by Gasteiger charge is -2.42. The number of aliphatic carboxylic acids is 1. The van der Waals surface area contributed by atoms with Crippen LogP contribution in [0.5, 0.6) is 6.01 Å². The summed E-state index contributed by atoms with van der Waals surface area (Å²) in [7, 11) is 2.12. The molecule has 0 bridgehead atoms. The van der Waals surface area contributed by atoms with Gasteiger partial charge in [0, 0.05) is 48.9 Å². The minimum Gasteiger partial charge on any atom is -0.480 e. The van der Waals surface area contributed by atoms with Gasteiger partial charge in [0.1, 0.15) is 18.5 Å². The zero-order chi connectivity index (χ0) is 31.9. The van der Waals surface area contributed by atoms with E-state index in [1.165, 1.54) is 26.9 Å². The summed E-state index contributed by atoms with van der Waals surface area (Å²) in [4.78, 5) is 44.5.